The van der Waals surface area contributed by atoms with Crippen LogP contribution in [0.5, 0.6) is 0 Å². The van der Waals surface area contributed by atoms with Crippen molar-refractivity contribution in [1.29, 1.82) is 0 Å². The van der Waals surface area contributed by atoms with E-state index in [4.69, 9.17) is 5.73 Å². The van der Waals surface area contributed by atoms with Gasteiger partial charge in [0.1, 0.15) is 6.04 Å². The zero-order chi connectivity index (χ0) is 77.5. The molecule has 0 bridgehead atoms. The Morgan fingerprint density at radius 1 is 0.692 bits per heavy atom. The molecule has 0 spiro atoms. The number of H-pyrrole nitrogens is 1. The minimum absolute atomic E-state index is 0.00641. The number of amides is 3. The molecule has 2 aliphatic heterocycles. The van der Waals surface area contributed by atoms with Gasteiger partial charge in [0.25, 0.3) is 57.8 Å². The molecular formula is C74H81N11O18S4. The number of hydrogen-bond donors (Lipinski definition) is 11. The van der Waals surface area contributed by atoms with E-state index in [1.807, 2.05) is 63.0 Å². The van der Waals surface area contributed by atoms with Crippen molar-refractivity contribution in [1.82, 2.24) is 35.9 Å². The van der Waals surface area contributed by atoms with Crippen molar-refractivity contribution in [3.8, 4) is 0 Å². The van der Waals surface area contributed by atoms with Gasteiger partial charge in [-0.2, -0.15) is 38.7 Å². The van der Waals surface area contributed by atoms with Crippen LogP contribution < -0.4 is 42.4 Å². The van der Waals surface area contributed by atoms with Crippen molar-refractivity contribution in [3.05, 3.63) is 200 Å². The quantitative estimate of drug-likeness (QED) is 0.0169. The second-order valence-corrected chi connectivity index (χ2v) is 34.4. The van der Waals surface area contributed by atoms with Gasteiger partial charge in [-0.15, -0.1) is 0 Å². The lowest BCUT2D eigenvalue weighted by molar-refractivity contribution is -0.139. The second kappa shape index (κ2) is 30.5. The molecule has 0 saturated carbocycles. The Balaban J connectivity index is 0.841. The van der Waals surface area contributed by atoms with E-state index in [0.717, 1.165) is 39.2 Å². The van der Waals surface area contributed by atoms with E-state index in [1.165, 1.54) is 56.4 Å². The van der Waals surface area contributed by atoms with Gasteiger partial charge in [0.2, 0.25) is 11.9 Å². The number of carbonyl (C=O) groups is 4. The third-order valence-corrected chi connectivity index (χ3v) is 24.2. The smallest absolute Gasteiger partial charge is 0.326 e. The predicted octanol–water partition coefficient (Wildman–Crippen LogP) is 8.82. The van der Waals surface area contributed by atoms with Crippen LogP contribution in [0.1, 0.15) is 130 Å². The number of benzene rings is 6. The highest BCUT2D eigenvalue weighted by molar-refractivity contribution is 7.87. The lowest BCUT2D eigenvalue weighted by atomic mass is 9.77. The van der Waals surface area contributed by atoms with Crippen LogP contribution in [0.15, 0.2) is 171 Å². The minimum atomic E-state index is -4.57. The van der Waals surface area contributed by atoms with Gasteiger partial charge in [-0.05, 0) is 186 Å². The third-order valence-electron chi connectivity index (χ3n) is 20.0. The van der Waals surface area contributed by atoms with Crippen molar-refractivity contribution in [2.45, 2.75) is 136 Å². The number of nitrogens with zero attached hydrogens (tertiary/aromatic N) is 5. The first kappa shape index (κ1) is 77.8. The van der Waals surface area contributed by atoms with Crippen LogP contribution in [-0.2, 0) is 67.4 Å². The summed E-state index contributed by atoms with van der Waals surface area (Å²) < 4.78 is 139. The van der Waals surface area contributed by atoms with Gasteiger partial charge in [-0.25, -0.2) is 14.8 Å². The Kier molecular flexibility index (Phi) is 22.2. The number of carboxylic acid groups (broad SMARTS) is 1. The molecular weight excluding hydrogens is 1460 g/mol. The Morgan fingerprint density at radius 3 is 1.90 bits per heavy atom. The summed E-state index contributed by atoms with van der Waals surface area (Å²) in [6.07, 6.45) is 10.7. The van der Waals surface area contributed by atoms with E-state index in [-0.39, 0.29) is 96.4 Å². The van der Waals surface area contributed by atoms with Gasteiger partial charge >= 0.3 is 5.97 Å². The number of nitrogen functional groups attached to an aromatic ring is 1. The number of aliphatic carboxylic acids is 1. The number of anilines is 4. The number of carboxylic acids is 1. The predicted molar refractivity (Wildman–Crippen MR) is 405 cm³/mol. The summed E-state index contributed by atoms with van der Waals surface area (Å²) in [6, 6.07) is 26.8. The van der Waals surface area contributed by atoms with Crippen LogP contribution in [0.2, 0.25) is 0 Å². The highest BCUT2D eigenvalue weighted by Gasteiger charge is 2.46. The topological polar surface area (TPSA) is 458 Å². The molecule has 11 rings (SSSR count). The molecule has 33 heteroatoms. The summed E-state index contributed by atoms with van der Waals surface area (Å²) in [7, 11) is -18.0. The van der Waals surface area contributed by atoms with E-state index < -0.39 is 103 Å². The Hall–Kier alpha value is -10.3. The Morgan fingerprint density at radius 2 is 1.28 bits per heavy atom. The first-order valence-corrected chi connectivity index (χ1v) is 40.1. The van der Waals surface area contributed by atoms with Crippen molar-refractivity contribution >= 4 is 125 Å². The number of aromatic nitrogens is 4. The molecule has 8 aromatic rings. The van der Waals surface area contributed by atoms with Gasteiger partial charge in [-0.3, -0.25) is 42.4 Å². The van der Waals surface area contributed by atoms with Gasteiger partial charge in [0, 0.05) is 77.3 Å². The van der Waals surface area contributed by atoms with E-state index in [1.54, 1.807) is 66.7 Å². The van der Waals surface area contributed by atoms with Crippen molar-refractivity contribution in [3.63, 3.8) is 0 Å². The summed E-state index contributed by atoms with van der Waals surface area (Å²) in [4.78, 5) is 82.9. The number of aromatic amines is 1. The molecule has 564 valence electrons. The molecule has 2 aromatic heterocycles. The van der Waals surface area contributed by atoms with E-state index in [9.17, 15) is 81.0 Å². The Bertz CT molecular complexity index is 5590. The fourth-order valence-electron chi connectivity index (χ4n) is 14.2. The average Bonchev–Trinajstić information content (AvgIpc) is 1.58. The molecule has 3 unspecified atom stereocenters. The molecule has 0 radical (unpaired) electrons. The third kappa shape index (κ3) is 17.1. The maximum absolute atomic E-state index is 13.9. The number of carbonyl (C=O) groups excluding carboxylic acids is 3. The molecule has 3 aliphatic rings. The van der Waals surface area contributed by atoms with Crippen LogP contribution in [0.3, 0.4) is 0 Å². The lowest BCUT2D eigenvalue weighted by Crippen LogP contribution is -2.42. The van der Waals surface area contributed by atoms with Gasteiger partial charge in [0.05, 0.1) is 44.8 Å². The molecule has 3 amide bonds. The standard InChI is InChI=1S/C74H81N11O18S4/c1-42(104(92,93)94)32-36-84-58-27-16-49-38-53(106(98,99)100)22-24-55(49)64(58)73(3,4)60(84)29-18-44-8-7-9-45(19-30-61-74(5,6)65-56-25-23-54(107(101,102)103)39-50(56)17-28-59(65)85(61)37-33-43(2)105(95,96)97)63(44)46-10-12-47(13-11-46)68(87)77-35-34-76-62(86)31-26-57(71(90)91)81-69(88)48-14-20-51(21-15-48)78-40-52-41-79-67-66(80-52)70(89)83-72(75)82-67/h10-25,27-30,38-39,41-43,57,60,78H,7-9,26,31-37,40H2,1-6H3,(H,76,86)(H,77,87)(H,81,88)(H,90,91)(H,92,93,94)(H,95,96,97)(H,98,99,100)(H,101,102,103)(H3,75,79,82,83,89)/b29-18+,45-19+,61-30+/t42?,43?,57-,60?/m0/s1. The molecule has 6 aromatic carbocycles. The maximum Gasteiger partial charge on any atom is 0.326 e. The molecule has 4 heterocycles. The minimum Gasteiger partial charge on any atom is -0.480 e. The SMILES string of the molecule is CC(CCN1/C(=C/C=C2\CCCC(/C=C/C3N(CCC(C)S(=O)(=O)O)c4ccc5cc(S(=O)(=O)O)ccc5c4C3(C)C)=C2c2ccc(C(=O)NCCNC(=O)CC[C@H](NC(=O)c3ccc(NCc4cnc5nc(N)[nH]c(=O)c5n4)cc3)C(=O)O)cc2)C(C)(C)c2c1ccc1cc(S(=O)(=O)O)ccc21)S(=O)(=O)O. The molecule has 0 fully saturated rings. The zero-order valence-electron chi connectivity index (χ0n) is 59.1. The van der Waals surface area contributed by atoms with Crippen LogP contribution in [0.25, 0.3) is 38.3 Å². The molecule has 107 heavy (non-hydrogen) atoms. The molecule has 0 saturated heterocycles. The lowest BCUT2D eigenvalue weighted by Gasteiger charge is -2.33. The highest BCUT2D eigenvalue weighted by atomic mass is 32.2. The molecule has 1 aliphatic carbocycles. The molecule has 12 N–H and O–H groups in total. The summed E-state index contributed by atoms with van der Waals surface area (Å²) in [5.41, 5.74) is 12.0. The van der Waals surface area contributed by atoms with Crippen LogP contribution >= 0.6 is 0 Å². The number of rotatable bonds is 27. The highest BCUT2D eigenvalue weighted by Crippen LogP contribution is 2.53. The normalized spacial score (nSPS) is 17.5. The number of fused-ring (bicyclic) bond motifs is 7. The fourth-order valence-corrected chi connectivity index (χ4v) is 16.0. The average molecular weight is 1540 g/mol. The largest absolute Gasteiger partial charge is 0.480 e. The van der Waals surface area contributed by atoms with Crippen LogP contribution in [-0.4, -0.2) is 149 Å². The van der Waals surface area contributed by atoms with E-state index >= 15 is 0 Å². The summed E-state index contributed by atoms with van der Waals surface area (Å²) in [6.45, 7) is 11.2. The molecule has 29 nitrogen and oxygen atoms in total. The first-order chi connectivity index (χ1) is 50.3. The van der Waals surface area contributed by atoms with Crippen LogP contribution in [0, 0.1) is 0 Å². The summed E-state index contributed by atoms with van der Waals surface area (Å²) in [5.74, 6) is -3.19. The van der Waals surface area contributed by atoms with Crippen LogP contribution in [0.4, 0.5) is 23.0 Å². The summed E-state index contributed by atoms with van der Waals surface area (Å²) >= 11 is 0. The van der Waals surface area contributed by atoms with Gasteiger partial charge in [0.15, 0.2) is 11.2 Å². The van der Waals surface area contributed by atoms with Gasteiger partial charge < -0.3 is 41.9 Å². The second-order valence-electron chi connectivity index (χ2n) is 27.9. The van der Waals surface area contributed by atoms with Crippen molar-refractivity contribution in [2.24, 2.45) is 0 Å². The molecule has 4 atom stereocenters. The fraction of sp³-hybridized carbons (Fsp3) is 0.324. The number of nitrogens with two attached hydrogens (primary N) is 1. The van der Waals surface area contributed by atoms with Crippen molar-refractivity contribution in [2.75, 3.05) is 47.0 Å². The Labute approximate surface area is 617 Å². The summed E-state index contributed by atoms with van der Waals surface area (Å²) in [5, 5.41) is 21.2. The monoisotopic (exact) mass is 1540 g/mol. The maximum atomic E-state index is 13.9. The number of hydrogen-bond acceptors (Lipinski definition) is 20. The first-order valence-electron chi connectivity index (χ1n) is 34.2. The number of allylic oxidation sites excluding steroid dienone is 7. The van der Waals surface area contributed by atoms with E-state index in [0.29, 0.717) is 63.4 Å². The number of nitrogens with one attached hydrogen (secondary N) is 5. The van der Waals surface area contributed by atoms with E-state index in [2.05, 4.69) is 46.1 Å². The zero-order valence-corrected chi connectivity index (χ0v) is 62.3. The van der Waals surface area contributed by atoms with Crippen molar-refractivity contribution < 1.29 is 76.2 Å². The van der Waals surface area contributed by atoms with Gasteiger partial charge in [-0.1, -0.05) is 82.3 Å².